The SMILES string of the molecule is O=C1CCCCCC1N1CCC2CCCCC21. The van der Waals surface area contributed by atoms with Gasteiger partial charge in [0.25, 0.3) is 0 Å². The standard InChI is InChI=1S/C15H25NO/c17-15-9-3-1-2-8-14(15)16-11-10-12-6-4-5-7-13(12)16/h12-14H,1-11H2. The first-order valence-corrected chi connectivity index (χ1v) is 7.65. The van der Waals surface area contributed by atoms with Crippen molar-refractivity contribution < 1.29 is 4.79 Å². The van der Waals surface area contributed by atoms with Crippen molar-refractivity contribution in [2.24, 2.45) is 5.92 Å². The molecule has 0 bridgehead atoms. The first-order valence-electron chi connectivity index (χ1n) is 7.65. The number of ketones is 1. The molecule has 0 aromatic heterocycles. The van der Waals surface area contributed by atoms with Crippen LogP contribution in [0.15, 0.2) is 0 Å². The highest BCUT2D eigenvalue weighted by atomic mass is 16.1. The van der Waals surface area contributed by atoms with Gasteiger partial charge in [0.1, 0.15) is 5.78 Å². The van der Waals surface area contributed by atoms with E-state index in [2.05, 4.69) is 4.90 Å². The molecule has 0 aromatic rings. The number of nitrogens with zero attached hydrogens (tertiary/aromatic N) is 1. The van der Waals surface area contributed by atoms with Gasteiger partial charge in [0.15, 0.2) is 0 Å². The minimum atomic E-state index is 0.297. The summed E-state index contributed by atoms with van der Waals surface area (Å²) in [5.41, 5.74) is 0. The van der Waals surface area contributed by atoms with Crippen molar-refractivity contribution in [2.45, 2.75) is 76.3 Å². The summed E-state index contributed by atoms with van der Waals surface area (Å²) in [6, 6.07) is 1.06. The molecule has 2 saturated carbocycles. The molecule has 1 saturated heterocycles. The molecule has 0 spiro atoms. The van der Waals surface area contributed by atoms with Crippen LogP contribution in [0.25, 0.3) is 0 Å². The molecule has 3 fully saturated rings. The summed E-state index contributed by atoms with van der Waals surface area (Å²) >= 11 is 0. The zero-order valence-corrected chi connectivity index (χ0v) is 10.9. The normalized spacial score (nSPS) is 40.0. The lowest BCUT2D eigenvalue weighted by Crippen LogP contribution is -2.45. The number of hydrogen-bond acceptors (Lipinski definition) is 2. The number of fused-ring (bicyclic) bond motifs is 1. The van der Waals surface area contributed by atoms with E-state index in [0.29, 0.717) is 11.8 Å². The van der Waals surface area contributed by atoms with E-state index >= 15 is 0 Å². The Balaban J connectivity index is 1.72. The van der Waals surface area contributed by atoms with Crippen molar-refractivity contribution in [1.29, 1.82) is 0 Å². The third kappa shape index (κ3) is 2.29. The van der Waals surface area contributed by atoms with Crippen LogP contribution in [0.1, 0.15) is 64.2 Å². The van der Waals surface area contributed by atoms with Crippen molar-refractivity contribution in [1.82, 2.24) is 4.90 Å². The molecule has 1 aliphatic heterocycles. The molecule has 0 amide bonds. The second-order valence-corrected chi connectivity index (χ2v) is 6.22. The maximum atomic E-state index is 12.2. The Hall–Kier alpha value is -0.370. The molecule has 3 aliphatic rings. The molecule has 96 valence electrons. The summed E-state index contributed by atoms with van der Waals surface area (Å²) in [6.45, 7) is 1.20. The number of Topliss-reactive ketones (excluding diaryl/α,β-unsaturated/α-hetero) is 1. The number of hydrogen-bond donors (Lipinski definition) is 0. The lowest BCUT2D eigenvalue weighted by atomic mass is 9.84. The van der Waals surface area contributed by atoms with Crippen LogP contribution in [-0.4, -0.2) is 29.3 Å². The average molecular weight is 235 g/mol. The molecule has 1 heterocycles. The zero-order chi connectivity index (χ0) is 11.7. The van der Waals surface area contributed by atoms with Gasteiger partial charge in [-0.05, 0) is 44.6 Å². The van der Waals surface area contributed by atoms with Gasteiger partial charge in [-0.1, -0.05) is 25.7 Å². The van der Waals surface area contributed by atoms with E-state index in [9.17, 15) is 4.79 Å². The van der Waals surface area contributed by atoms with Crippen LogP contribution in [-0.2, 0) is 4.79 Å². The summed E-state index contributed by atoms with van der Waals surface area (Å²) in [4.78, 5) is 14.8. The molecular formula is C15H25NO. The fourth-order valence-electron chi connectivity index (χ4n) is 4.32. The highest BCUT2D eigenvalue weighted by molar-refractivity contribution is 5.84. The van der Waals surface area contributed by atoms with Crippen LogP contribution in [0.4, 0.5) is 0 Å². The molecule has 17 heavy (non-hydrogen) atoms. The minimum Gasteiger partial charge on any atom is -0.298 e. The molecule has 3 rings (SSSR count). The van der Waals surface area contributed by atoms with E-state index < -0.39 is 0 Å². The highest BCUT2D eigenvalue weighted by Gasteiger charge is 2.40. The maximum absolute atomic E-state index is 12.2. The van der Waals surface area contributed by atoms with E-state index in [4.69, 9.17) is 0 Å². The van der Waals surface area contributed by atoms with Gasteiger partial charge in [0, 0.05) is 12.5 Å². The quantitative estimate of drug-likeness (QED) is 0.651. The molecule has 3 atom stereocenters. The van der Waals surface area contributed by atoms with E-state index in [-0.39, 0.29) is 0 Å². The summed E-state index contributed by atoms with van der Waals surface area (Å²) in [5, 5.41) is 0. The highest BCUT2D eigenvalue weighted by Crippen LogP contribution is 2.38. The predicted molar refractivity (Wildman–Crippen MR) is 68.9 cm³/mol. The van der Waals surface area contributed by atoms with Gasteiger partial charge in [0.2, 0.25) is 0 Å². The molecule has 0 radical (unpaired) electrons. The number of carbonyl (C=O) groups excluding carboxylic acids is 1. The second-order valence-electron chi connectivity index (χ2n) is 6.22. The molecule has 2 heteroatoms. The lowest BCUT2D eigenvalue weighted by molar-refractivity contribution is -0.124. The number of carbonyl (C=O) groups is 1. The van der Waals surface area contributed by atoms with Crippen molar-refractivity contribution in [3.8, 4) is 0 Å². The summed E-state index contributed by atoms with van der Waals surface area (Å²) in [7, 11) is 0. The summed E-state index contributed by atoms with van der Waals surface area (Å²) in [6.07, 6.45) is 12.6. The second kappa shape index (κ2) is 5.09. The summed E-state index contributed by atoms with van der Waals surface area (Å²) < 4.78 is 0. The van der Waals surface area contributed by atoms with E-state index in [1.807, 2.05) is 0 Å². The number of likely N-dealkylation sites (tertiary alicyclic amines) is 1. The Morgan fingerprint density at radius 2 is 1.71 bits per heavy atom. The van der Waals surface area contributed by atoms with Crippen LogP contribution >= 0.6 is 0 Å². The van der Waals surface area contributed by atoms with Gasteiger partial charge in [-0.25, -0.2) is 0 Å². The van der Waals surface area contributed by atoms with Crippen LogP contribution in [0, 0.1) is 5.92 Å². The smallest absolute Gasteiger partial charge is 0.149 e. The number of rotatable bonds is 1. The molecule has 0 aromatic carbocycles. The van der Waals surface area contributed by atoms with Gasteiger partial charge in [-0.3, -0.25) is 9.69 Å². The first kappa shape index (κ1) is 11.7. The van der Waals surface area contributed by atoms with Gasteiger partial charge in [-0.15, -0.1) is 0 Å². The molecule has 0 N–H and O–H groups in total. The summed E-state index contributed by atoms with van der Waals surface area (Å²) in [5.74, 6) is 1.47. The van der Waals surface area contributed by atoms with Crippen molar-refractivity contribution in [3.63, 3.8) is 0 Å². The van der Waals surface area contributed by atoms with Gasteiger partial charge >= 0.3 is 0 Å². The Labute approximate surface area is 105 Å². The fraction of sp³-hybridized carbons (Fsp3) is 0.933. The van der Waals surface area contributed by atoms with Crippen molar-refractivity contribution >= 4 is 5.78 Å². The molecule has 2 aliphatic carbocycles. The Morgan fingerprint density at radius 1 is 0.882 bits per heavy atom. The van der Waals surface area contributed by atoms with Crippen molar-refractivity contribution in [2.75, 3.05) is 6.54 Å². The molecular weight excluding hydrogens is 210 g/mol. The Bertz CT molecular complexity index is 289. The molecule has 3 unspecified atom stereocenters. The third-order valence-corrected chi connectivity index (χ3v) is 5.23. The fourth-order valence-corrected chi connectivity index (χ4v) is 4.32. The topological polar surface area (TPSA) is 20.3 Å². The largest absolute Gasteiger partial charge is 0.298 e. The van der Waals surface area contributed by atoms with Crippen LogP contribution in [0.3, 0.4) is 0 Å². The van der Waals surface area contributed by atoms with Crippen LogP contribution in [0.5, 0.6) is 0 Å². The average Bonchev–Trinajstić information content (AvgIpc) is 2.66. The lowest BCUT2D eigenvalue weighted by Gasteiger charge is -2.36. The minimum absolute atomic E-state index is 0.297. The van der Waals surface area contributed by atoms with Gasteiger partial charge < -0.3 is 0 Å². The van der Waals surface area contributed by atoms with Crippen LogP contribution in [0.2, 0.25) is 0 Å². The van der Waals surface area contributed by atoms with E-state index in [1.54, 1.807) is 0 Å². The monoisotopic (exact) mass is 235 g/mol. The predicted octanol–water partition coefficient (Wildman–Crippen LogP) is 3.15. The third-order valence-electron chi connectivity index (χ3n) is 5.23. The first-order chi connectivity index (χ1) is 8.36. The maximum Gasteiger partial charge on any atom is 0.149 e. The van der Waals surface area contributed by atoms with E-state index in [1.165, 1.54) is 51.5 Å². The van der Waals surface area contributed by atoms with Crippen molar-refractivity contribution in [3.05, 3.63) is 0 Å². The molecule has 2 nitrogen and oxygen atoms in total. The van der Waals surface area contributed by atoms with Crippen LogP contribution < -0.4 is 0 Å². The van der Waals surface area contributed by atoms with Gasteiger partial charge in [0.05, 0.1) is 6.04 Å². The Morgan fingerprint density at radius 3 is 2.65 bits per heavy atom. The van der Waals surface area contributed by atoms with E-state index in [0.717, 1.165) is 31.2 Å². The zero-order valence-electron chi connectivity index (χ0n) is 10.9. The Kier molecular flexibility index (Phi) is 3.51. The van der Waals surface area contributed by atoms with Gasteiger partial charge in [-0.2, -0.15) is 0 Å².